The molecule has 210 valence electrons. The number of hydrogen-bond acceptors (Lipinski definition) is 1. The zero-order valence-corrected chi connectivity index (χ0v) is 23.4. The van der Waals surface area contributed by atoms with E-state index in [-0.39, 0.29) is 62.3 Å². The van der Waals surface area contributed by atoms with Gasteiger partial charge in [-0.1, -0.05) is 163 Å². The van der Waals surface area contributed by atoms with Crippen LogP contribution in [0.2, 0.25) is 0 Å². The van der Waals surface area contributed by atoms with E-state index >= 15 is 0 Å². The van der Waals surface area contributed by atoms with Gasteiger partial charge >= 0.3 is 0 Å². The molecular weight excluding hydrogens is 544 g/mol. The average molecular weight is 588 g/mol. The molecule has 0 N–H and O–H groups in total. The maximum atomic E-state index is 9.46. The Morgan fingerprint density at radius 1 is 0.378 bits per heavy atom. The lowest BCUT2D eigenvalue weighted by Gasteiger charge is -2.18. The second kappa shape index (κ2) is 10.4. The molecule has 0 amide bonds. The number of fused-ring (bicyclic) bond motifs is 5. The summed E-state index contributed by atoms with van der Waals surface area (Å²) in [5.41, 5.74) is 0.409. The molecule has 0 bridgehead atoms. The van der Waals surface area contributed by atoms with Crippen LogP contribution in [0.5, 0.6) is 0 Å². The third kappa shape index (κ3) is 4.09. The maximum Gasteiger partial charge on any atom is 0.143 e. The van der Waals surface area contributed by atoms with Gasteiger partial charge < -0.3 is 4.42 Å². The van der Waals surface area contributed by atoms with Crippen LogP contribution in [-0.4, -0.2) is 0 Å². The van der Waals surface area contributed by atoms with Gasteiger partial charge in [0.2, 0.25) is 0 Å². The molecule has 45 heavy (non-hydrogen) atoms. The first-order valence-corrected chi connectivity index (χ1v) is 14.2. The fourth-order valence-electron chi connectivity index (χ4n) is 6.08. The van der Waals surface area contributed by atoms with E-state index in [4.69, 9.17) is 19.5 Å². The van der Waals surface area contributed by atoms with Crippen LogP contribution in [0, 0.1) is 0 Å². The van der Waals surface area contributed by atoms with Gasteiger partial charge in [-0.2, -0.15) is 0 Å². The predicted octanol–water partition coefficient (Wildman–Crippen LogP) is 12.6. The van der Waals surface area contributed by atoms with Crippen LogP contribution in [0.15, 0.2) is 174 Å². The van der Waals surface area contributed by atoms with Gasteiger partial charge in [0, 0.05) is 16.3 Å². The number of para-hydroxylation sites is 1. The van der Waals surface area contributed by atoms with E-state index in [9.17, 15) is 5.48 Å². The van der Waals surface area contributed by atoms with Crippen LogP contribution >= 0.6 is 0 Å². The van der Waals surface area contributed by atoms with Gasteiger partial charge in [0.25, 0.3) is 0 Å². The van der Waals surface area contributed by atoms with Gasteiger partial charge in [-0.3, -0.25) is 0 Å². The topological polar surface area (TPSA) is 13.1 Å². The molecule has 0 atom stereocenters. The summed E-state index contributed by atoms with van der Waals surface area (Å²) >= 11 is 0. The number of furan rings is 1. The summed E-state index contributed by atoms with van der Waals surface area (Å²) in [5.74, 6) is 0. The van der Waals surface area contributed by atoms with Gasteiger partial charge in [0.15, 0.2) is 0 Å². The minimum absolute atomic E-state index is 0.0510. The van der Waals surface area contributed by atoms with Crippen molar-refractivity contribution in [2.45, 2.75) is 0 Å². The number of benzene rings is 8. The van der Waals surface area contributed by atoms with Crippen molar-refractivity contribution in [1.82, 2.24) is 0 Å². The van der Waals surface area contributed by atoms with E-state index in [0.29, 0.717) is 32.7 Å². The molecule has 9 aromatic rings. The van der Waals surface area contributed by atoms with Crippen molar-refractivity contribution in [3.63, 3.8) is 0 Å². The molecule has 0 fully saturated rings. The van der Waals surface area contributed by atoms with E-state index < -0.39 is 83.6 Å². The highest BCUT2D eigenvalue weighted by atomic mass is 16.3. The van der Waals surface area contributed by atoms with E-state index in [1.54, 1.807) is 78.9 Å². The maximum absolute atomic E-state index is 9.46. The molecule has 0 aliphatic carbocycles. The van der Waals surface area contributed by atoms with E-state index in [0.717, 1.165) is 0 Å². The summed E-state index contributed by atoms with van der Waals surface area (Å²) in [4.78, 5) is 0. The highest BCUT2D eigenvalue weighted by molar-refractivity contribution is 6.26. The highest BCUT2D eigenvalue weighted by Gasteiger charge is 2.21. The Balaban J connectivity index is 1.44. The van der Waals surface area contributed by atoms with Crippen LogP contribution in [0.4, 0.5) is 0 Å². The van der Waals surface area contributed by atoms with Crippen molar-refractivity contribution >= 4 is 43.5 Å². The Bertz CT molecular complexity index is 3260. The lowest BCUT2D eigenvalue weighted by atomic mass is 9.84. The SMILES string of the molecule is [2H]c1c([2H])c([2H])c(-c2c([2H])c([2H])c(-c3c4ccccc4c(-c4c([2H])c([2H])c([2H])c5oc6c(-c7ccccc7)c([2H])c([2H])c([2H])c6c45)c4ccccc34)c([2H])c2[2H])c([2H])c1[2H]. The van der Waals surface area contributed by atoms with E-state index in [2.05, 4.69) is 0 Å². The van der Waals surface area contributed by atoms with E-state index in [1.807, 2.05) is 0 Å². The van der Waals surface area contributed by atoms with Crippen molar-refractivity contribution < 1.29 is 25.0 Å². The highest BCUT2D eigenvalue weighted by Crippen LogP contribution is 2.47. The van der Waals surface area contributed by atoms with Gasteiger partial charge in [0.05, 0.1) is 20.6 Å². The van der Waals surface area contributed by atoms with Crippen molar-refractivity contribution in [2.24, 2.45) is 0 Å². The fraction of sp³-hybridized carbons (Fsp3) is 0. The zero-order valence-electron chi connectivity index (χ0n) is 38.4. The molecule has 0 aliphatic rings. The molecule has 0 spiro atoms. The molecule has 9 rings (SSSR count). The third-order valence-corrected chi connectivity index (χ3v) is 7.99. The molecule has 1 heterocycles. The summed E-state index contributed by atoms with van der Waals surface area (Å²) in [6.07, 6.45) is 0. The van der Waals surface area contributed by atoms with Gasteiger partial charge in [0.1, 0.15) is 11.2 Å². The van der Waals surface area contributed by atoms with Crippen molar-refractivity contribution in [1.29, 1.82) is 0 Å². The standard InChI is InChI=1S/C44H28O/c1-3-13-29(14-4-1)30-25-27-32(28-26-30)41-34-17-7-9-19-36(34)42(37-20-10-8-18-35(37)41)38-22-12-24-40-43(38)39-23-11-21-33(44(39)45-40)31-15-5-2-6-16-31/h1-28H/i1D,3D,4D,11D,12D,13D,14D,21D,22D,23D,24D,25D,26D,27D,28D. The Morgan fingerprint density at radius 3 is 1.62 bits per heavy atom. The second-order valence-corrected chi connectivity index (χ2v) is 10.5. The Hall–Kier alpha value is -5.92. The number of rotatable bonds is 4. The minimum atomic E-state index is -0.685. The molecule has 0 radical (unpaired) electrons. The van der Waals surface area contributed by atoms with Gasteiger partial charge in [-0.25, -0.2) is 0 Å². The minimum Gasteiger partial charge on any atom is -0.455 e. The summed E-state index contributed by atoms with van der Waals surface area (Å²) in [6.45, 7) is 0. The predicted molar refractivity (Wildman–Crippen MR) is 190 cm³/mol. The van der Waals surface area contributed by atoms with E-state index in [1.165, 1.54) is 0 Å². The van der Waals surface area contributed by atoms with Crippen LogP contribution in [-0.2, 0) is 0 Å². The Kier molecular flexibility index (Phi) is 3.39. The molecule has 0 unspecified atom stereocenters. The van der Waals surface area contributed by atoms with Crippen LogP contribution < -0.4 is 0 Å². The summed E-state index contributed by atoms with van der Waals surface area (Å²) < 4.78 is 139. The molecule has 0 aliphatic heterocycles. The fourth-order valence-corrected chi connectivity index (χ4v) is 6.08. The van der Waals surface area contributed by atoms with Crippen molar-refractivity contribution in [3.05, 3.63) is 169 Å². The lowest BCUT2D eigenvalue weighted by Crippen LogP contribution is -1.91. The normalized spacial score (nSPS) is 16.2. The first-order chi connectivity index (χ1) is 28.6. The van der Waals surface area contributed by atoms with Gasteiger partial charge in [-0.15, -0.1) is 0 Å². The summed E-state index contributed by atoms with van der Waals surface area (Å²) in [5, 5.41) is 1.92. The zero-order chi connectivity index (χ0) is 42.8. The van der Waals surface area contributed by atoms with Crippen molar-refractivity contribution in [3.8, 4) is 44.5 Å². The summed E-state index contributed by atoms with van der Waals surface area (Å²) in [7, 11) is 0. The molecule has 1 heteroatoms. The molecule has 8 aromatic carbocycles. The lowest BCUT2D eigenvalue weighted by molar-refractivity contribution is 0.670. The number of hydrogen-bond donors (Lipinski definition) is 0. The largest absolute Gasteiger partial charge is 0.455 e. The molecule has 0 saturated carbocycles. The molecule has 1 nitrogen and oxygen atoms in total. The van der Waals surface area contributed by atoms with Crippen molar-refractivity contribution in [2.75, 3.05) is 0 Å². The molecule has 0 saturated heterocycles. The second-order valence-electron chi connectivity index (χ2n) is 10.5. The van der Waals surface area contributed by atoms with Gasteiger partial charge in [-0.05, 0) is 66.5 Å². The van der Waals surface area contributed by atoms with Crippen LogP contribution in [0.25, 0.3) is 88.0 Å². The molecular formula is C44H28O. The average Bonchev–Trinajstić information content (AvgIpc) is 3.64. The first-order valence-electron chi connectivity index (χ1n) is 21.7. The smallest absolute Gasteiger partial charge is 0.143 e. The monoisotopic (exact) mass is 587 g/mol. The quantitative estimate of drug-likeness (QED) is 0.187. The van der Waals surface area contributed by atoms with Crippen LogP contribution in [0.3, 0.4) is 0 Å². The first kappa shape index (κ1) is 14.7. The molecule has 1 aromatic heterocycles. The Morgan fingerprint density at radius 2 is 0.933 bits per heavy atom. The van der Waals surface area contributed by atoms with Crippen LogP contribution in [0.1, 0.15) is 20.6 Å². The summed E-state index contributed by atoms with van der Waals surface area (Å²) in [6, 6.07) is 14.6. The third-order valence-electron chi connectivity index (χ3n) is 7.99. The Labute approximate surface area is 282 Å².